The number of nitrogens with one attached hydrogen (secondary N) is 2. The molecule has 0 amide bonds. The highest BCUT2D eigenvalue weighted by atomic mass is 32.2. The SMILES string of the molecule is CCNC(=NCc1ccc(F)cc1CSC)NCC1CCN(CC)C1. The van der Waals surface area contributed by atoms with E-state index in [2.05, 4.69) is 29.4 Å². The molecule has 1 saturated heterocycles. The number of guanidine groups is 1. The van der Waals surface area contributed by atoms with Crippen LogP contribution in [0.25, 0.3) is 0 Å². The smallest absolute Gasteiger partial charge is 0.191 e. The first-order chi connectivity index (χ1) is 12.2. The quantitative estimate of drug-likeness (QED) is 0.548. The molecule has 1 atom stereocenters. The summed E-state index contributed by atoms with van der Waals surface area (Å²) in [6, 6.07) is 5.00. The summed E-state index contributed by atoms with van der Waals surface area (Å²) in [5.74, 6) is 2.16. The van der Waals surface area contributed by atoms with E-state index in [4.69, 9.17) is 4.99 Å². The number of rotatable bonds is 8. The Bertz CT molecular complexity index is 564. The predicted molar refractivity (Wildman–Crippen MR) is 107 cm³/mol. The molecule has 1 aromatic rings. The molecule has 6 heteroatoms. The second-order valence-electron chi connectivity index (χ2n) is 6.47. The van der Waals surface area contributed by atoms with Gasteiger partial charge in [0.05, 0.1) is 6.54 Å². The number of halogens is 1. The minimum Gasteiger partial charge on any atom is -0.357 e. The molecule has 0 saturated carbocycles. The van der Waals surface area contributed by atoms with Crippen molar-refractivity contribution in [3.63, 3.8) is 0 Å². The maximum Gasteiger partial charge on any atom is 0.191 e. The Morgan fingerprint density at radius 3 is 2.84 bits per heavy atom. The van der Waals surface area contributed by atoms with E-state index in [1.807, 2.05) is 12.3 Å². The van der Waals surface area contributed by atoms with Crippen LogP contribution in [0.2, 0.25) is 0 Å². The number of hydrogen-bond donors (Lipinski definition) is 2. The van der Waals surface area contributed by atoms with Crippen LogP contribution in [-0.2, 0) is 12.3 Å². The lowest BCUT2D eigenvalue weighted by Crippen LogP contribution is -2.40. The number of aliphatic imine (C=N–C) groups is 1. The number of benzene rings is 1. The molecule has 4 nitrogen and oxygen atoms in total. The number of likely N-dealkylation sites (tertiary alicyclic amines) is 1. The number of hydrogen-bond acceptors (Lipinski definition) is 3. The second-order valence-corrected chi connectivity index (χ2v) is 7.34. The van der Waals surface area contributed by atoms with Gasteiger partial charge in [-0.2, -0.15) is 11.8 Å². The minimum atomic E-state index is -0.177. The predicted octanol–water partition coefficient (Wildman–Crippen LogP) is 3.09. The molecule has 1 heterocycles. The highest BCUT2D eigenvalue weighted by molar-refractivity contribution is 7.97. The van der Waals surface area contributed by atoms with Crippen LogP contribution < -0.4 is 10.6 Å². The van der Waals surface area contributed by atoms with Gasteiger partial charge in [0.2, 0.25) is 0 Å². The topological polar surface area (TPSA) is 39.7 Å². The van der Waals surface area contributed by atoms with Gasteiger partial charge in [0.25, 0.3) is 0 Å². The number of thioether (sulfide) groups is 1. The van der Waals surface area contributed by atoms with Gasteiger partial charge in [-0.15, -0.1) is 0 Å². The molecule has 0 aliphatic carbocycles. The first-order valence-electron chi connectivity index (χ1n) is 9.17. The summed E-state index contributed by atoms with van der Waals surface area (Å²) < 4.78 is 13.5. The Morgan fingerprint density at radius 2 is 2.16 bits per heavy atom. The fraction of sp³-hybridized carbons (Fsp3) is 0.632. The van der Waals surface area contributed by atoms with Crippen LogP contribution in [0.15, 0.2) is 23.2 Å². The van der Waals surface area contributed by atoms with Gasteiger partial charge in [-0.05, 0) is 61.9 Å². The molecular weight excluding hydrogens is 335 g/mol. The molecular formula is C19H31FN4S. The fourth-order valence-corrected chi connectivity index (χ4v) is 3.73. The molecule has 140 valence electrons. The lowest BCUT2D eigenvalue weighted by atomic mass is 10.1. The van der Waals surface area contributed by atoms with E-state index < -0.39 is 0 Å². The summed E-state index contributed by atoms with van der Waals surface area (Å²) in [6.07, 6.45) is 3.28. The zero-order valence-corrected chi connectivity index (χ0v) is 16.5. The molecule has 2 N–H and O–H groups in total. The first kappa shape index (κ1) is 20.0. The maximum absolute atomic E-state index is 13.5. The van der Waals surface area contributed by atoms with Crippen LogP contribution in [0.5, 0.6) is 0 Å². The van der Waals surface area contributed by atoms with Crippen molar-refractivity contribution in [3.05, 3.63) is 35.1 Å². The monoisotopic (exact) mass is 366 g/mol. The Kier molecular flexibility index (Phi) is 8.55. The van der Waals surface area contributed by atoms with E-state index in [1.165, 1.54) is 25.6 Å². The van der Waals surface area contributed by atoms with Gasteiger partial charge in [0.1, 0.15) is 5.82 Å². The van der Waals surface area contributed by atoms with Crippen molar-refractivity contribution in [3.8, 4) is 0 Å². The largest absolute Gasteiger partial charge is 0.357 e. The lowest BCUT2D eigenvalue weighted by Gasteiger charge is -2.16. The average molecular weight is 367 g/mol. The summed E-state index contributed by atoms with van der Waals surface area (Å²) in [5, 5.41) is 6.78. The summed E-state index contributed by atoms with van der Waals surface area (Å²) in [5.41, 5.74) is 2.12. The van der Waals surface area contributed by atoms with Crippen molar-refractivity contribution in [2.24, 2.45) is 10.9 Å². The van der Waals surface area contributed by atoms with Crippen LogP contribution in [0.1, 0.15) is 31.4 Å². The van der Waals surface area contributed by atoms with Gasteiger partial charge in [-0.25, -0.2) is 9.38 Å². The Hall–Kier alpha value is -1.27. The third kappa shape index (κ3) is 6.51. The van der Waals surface area contributed by atoms with Crippen molar-refractivity contribution in [1.29, 1.82) is 0 Å². The van der Waals surface area contributed by atoms with Crippen molar-refractivity contribution in [1.82, 2.24) is 15.5 Å². The molecule has 1 aromatic carbocycles. The van der Waals surface area contributed by atoms with Crippen molar-refractivity contribution in [2.45, 2.75) is 32.6 Å². The van der Waals surface area contributed by atoms with E-state index in [1.54, 1.807) is 17.8 Å². The lowest BCUT2D eigenvalue weighted by molar-refractivity contribution is 0.342. The Balaban J connectivity index is 1.95. The van der Waals surface area contributed by atoms with Gasteiger partial charge >= 0.3 is 0 Å². The fourth-order valence-electron chi connectivity index (χ4n) is 3.15. The van der Waals surface area contributed by atoms with Gasteiger partial charge in [-0.1, -0.05) is 13.0 Å². The van der Waals surface area contributed by atoms with Gasteiger partial charge < -0.3 is 15.5 Å². The molecule has 1 fully saturated rings. The van der Waals surface area contributed by atoms with Crippen LogP contribution in [0.4, 0.5) is 4.39 Å². The number of nitrogens with zero attached hydrogens (tertiary/aromatic N) is 2. The van der Waals surface area contributed by atoms with Gasteiger partial charge in [0, 0.05) is 25.4 Å². The molecule has 0 bridgehead atoms. The standard InChI is InChI=1S/C19H31FN4S/c1-4-21-19(22-11-15-8-9-24(5-2)13-15)23-12-16-6-7-18(20)10-17(16)14-25-3/h6-7,10,15H,4-5,8-9,11-14H2,1-3H3,(H2,21,22,23). The summed E-state index contributed by atoms with van der Waals surface area (Å²) in [4.78, 5) is 7.20. The van der Waals surface area contributed by atoms with Gasteiger partial charge in [0.15, 0.2) is 5.96 Å². The third-order valence-corrected chi connectivity index (χ3v) is 5.19. The maximum atomic E-state index is 13.5. The molecule has 0 radical (unpaired) electrons. The molecule has 1 unspecified atom stereocenters. The van der Waals surface area contributed by atoms with Crippen molar-refractivity contribution in [2.75, 3.05) is 39.0 Å². The normalized spacial score (nSPS) is 18.6. The molecule has 25 heavy (non-hydrogen) atoms. The Labute approximate surface area is 155 Å². The van der Waals surface area contributed by atoms with Crippen molar-refractivity contribution >= 4 is 17.7 Å². The van der Waals surface area contributed by atoms with E-state index >= 15 is 0 Å². The zero-order chi connectivity index (χ0) is 18.1. The summed E-state index contributed by atoms with van der Waals surface area (Å²) >= 11 is 1.70. The van der Waals surface area contributed by atoms with Crippen LogP contribution >= 0.6 is 11.8 Å². The summed E-state index contributed by atoms with van der Waals surface area (Å²) in [7, 11) is 0. The highest BCUT2D eigenvalue weighted by Gasteiger charge is 2.20. The third-order valence-electron chi connectivity index (χ3n) is 4.60. The van der Waals surface area contributed by atoms with E-state index in [-0.39, 0.29) is 5.82 Å². The zero-order valence-electron chi connectivity index (χ0n) is 15.6. The molecule has 0 spiro atoms. The van der Waals surface area contributed by atoms with Crippen molar-refractivity contribution < 1.29 is 4.39 Å². The second kappa shape index (κ2) is 10.7. The highest BCUT2D eigenvalue weighted by Crippen LogP contribution is 2.18. The van der Waals surface area contributed by atoms with E-state index in [0.29, 0.717) is 12.5 Å². The van der Waals surface area contributed by atoms with E-state index in [9.17, 15) is 4.39 Å². The van der Waals surface area contributed by atoms with Crippen LogP contribution in [-0.4, -0.2) is 49.8 Å². The van der Waals surface area contributed by atoms with Gasteiger partial charge in [-0.3, -0.25) is 0 Å². The molecule has 2 rings (SSSR count). The summed E-state index contributed by atoms with van der Waals surface area (Å²) in [6.45, 7) is 10.1. The van der Waals surface area contributed by atoms with E-state index in [0.717, 1.165) is 42.5 Å². The molecule has 1 aliphatic heterocycles. The molecule has 1 aliphatic rings. The minimum absolute atomic E-state index is 0.177. The average Bonchev–Trinajstić information content (AvgIpc) is 3.07. The van der Waals surface area contributed by atoms with Crippen LogP contribution in [0, 0.1) is 11.7 Å². The van der Waals surface area contributed by atoms with Crippen LogP contribution in [0.3, 0.4) is 0 Å². The first-order valence-corrected chi connectivity index (χ1v) is 10.6. The Morgan fingerprint density at radius 1 is 1.32 bits per heavy atom. The molecule has 0 aromatic heterocycles.